The lowest BCUT2D eigenvalue weighted by Gasteiger charge is -2.32. The minimum Gasteiger partial charge on any atom is -0.474 e. The molecule has 0 bridgehead atoms. The van der Waals surface area contributed by atoms with Crippen LogP contribution in [-0.4, -0.2) is 85.5 Å². The van der Waals surface area contributed by atoms with Gasteiger partial charge in [0.1, 0.15) is 24.4 Å². The van der Waals surface area contributed by atoms with Gasteiger partial charge in [0.05, 0.1) is 4.90 Å². The summed E-state index contributed by atoms with van der Waals surface area (Å²) >= 11 is 0. The van der Waals surface area contributed by atoms with Gasteiger partial charge in [-0.15, -0.1) is 0 Å². The van der Waals surface area contributed by atoms with E-state index in [1.165, 1.54) is 18.1 Å². The smallest absolute Gasteiger partial charge is 0.410 e. The van der Waals surface area contributed by atoms with Gasteiger partial charge < -0.3 is 19.3 Å². The number of carbonyl (C=O) groups excluding carboxylic acids is 1. The minimum atomic E-state index is -3.26. The Morgan fingerprint density at radius 3 is 2.51 bits per heavy atom. The number of piperidine rings is 1. The second-order valence-electron chi connectivity index (χ2n) is 11.0. The monoisotopic (exact) mass is 577 g/mol. The number of ether oxygens (including phenoxy) is 2. The molecule has 2 saturated heterocycles. The lowest BCUT2D eigenvalue weighted by Crippen LogP contribution is -2.43. The van der Waals surface area contributed by atoms with Gasteiger partial charge in [-0.25, -0.2) is 23.2 Å². The molecule has 1 aromatic heterocycles. The van der Waals surface area contributed by atoms with Crippen LogP contribution in [0.5, 0.6) is 5.88 Å². The number of amides is 1. The number of anilines is 2. The Bertz CT molecular complexity index is 1490. The van der Waals surface area contributed by atoms with E-state index in [1.54, 1.807) is 17.0 Å². The van der Waals surface area contributed by atoms with Gasteiger partial charge in [-0.2, -0.15) is 0 Å². The minimum absolute atomic E-state index is 0.0576. The molecule has 1 unspecified atom stereocenters. The maximum Gasteiger partial charge on any atom is 0.410 e. The SMILES string of the molecule is CS(=O)(=O)c1ccc2c(c1)CCN2c1cc(OC2CCN(C(=O)OC3CCN(Cc4ccccc4)C3)CC2)ncn1. The first-order valence-corrected chi connectivity index (χ1v) is 16.0. The van der Waals surface area contributed by atoms with Crippen molar-refractivity contribution in [2.24, 2.45) is 0 Å². The van der Waals surface area contributed by atoms with Crippen LogP contribution in [0, 0.1) is 0 Å². The number of benzene rings is 2. The molecule has 0 saturated carbocycles. The van der Waals surface area contributed by atoms with Crippen LogP contribution in [0.2, 0.25) is 0 Å². The highest BCUT2D eigenvalue weighted by Gasteiger charge is 2.31. The number of sulfone groups is 1. The highest BCUT2D eigenvalue weighted by atomic mass is 32.2. The van der Waals surface area contributed by atoms with E-state index in [0.29, 0.717) is 49.1 Å². The Morgan fingerprint density at radius 1 is 0.951 bits per heavy atom. The number of hydrogen-bond acceptors (Lipinski definition) is 9. The summed E-state index contributed by atoms with van der Waals surface area (Å²) in [5.41, 5.74) is 3.19. The Hall–Kier alpha value is -3.70. The number of hydrogen-bond donors (Lipinski definition) is 0. The van der Waals surface area contributed by atoms with Crippen molar-refractivity contribution in [3.05, 3.63) is 72.1 Å². The molecule has 11 heteroatoms. The molecule has 1 amide bonds. The van der Waals surface area contributed by atoms with E-state index in [-0.39, 0.29) is 18.3 Å². The number of rotatable bonds is 7. The van der Waals surface area contributed by atoms with Gasteiger partial charge in [-0.3, -0.25) is 4.90 Å². The van der Waals surface area contributed by atoms with E-state index >= 15 is 0 Å². The molecule has 3 aliphatic heterocycles. The van der Waals surface area contributed by atoms with Gasteiger partial charge in [0, 0.05) is 70.1 Å². The van der Waals surface area contributed by atoms with Crippen molar-refractivity contribution < 1.29 is 22.7 Å². The van der Waals surface area contributed by atoms with Crippen LogP contribution in [0.4, 0.5) is 16.3 Å². The molecular formula is C30H35N5O5S. The standard InChI is InChI=1S/C30H35N5O5S/c1-41(37,38)26-7-8-27-23(17-26)9-16-35(27)28-18-29(32-21-31-28)39-24-11-14-34(15-12-24)30(36)40-25-10-13-33(20-25)19-22-5-3-2-4-6-22/h2-8,17-18,21,24-25H,9-16,19-20H2,1H3. The number of carbonyl (C=O) groups is 1. The first-order chi connectivity index (χ1) is 19.8. The summed E-state index contributed by atoms with van der Waals surface area (Å²) in [5, 5.41) is 0. The predicted octanol–water partition coefficient (Wildman–Crippen LogP) is 3.83. The molecule has 0 radical (unpaired) electrons. The van der Waals surface area contributed by atoms with Crippen molar-refractivity contribution in [2.45, 2.75) is 49.3 Å². The fourth-order valence-electron chi connectivity index (χ4n) is 5.81. The maximum absolute atomic E-state index is 12.8. The van der Waals surface area contributed by atoms with Crippen LogP contribution in [0.25, 0.3) is 0 Å². The lowest BCUT2D eigenvalue weighted by molar-refractivity contribution is 0.0433. The predicted molar refractivity (Wildman–Crippen MR) is 154 cm³/mol. The lowest BCUT2D eigenvalue weighted by atomic mass is 10.1. The van der Waals surface area contributed by atoms with Crippen molar-refractivity contribution in [3.8, 4) is 5.88 Å². The first kappa shape index (κ1) is 27.5. The first-order valence-electron chi connectivity index (χ1n) is 14.1. The van der Waals surface area contributed by atoms with Gasteiger partial charge >= 0.3 is 6.09 Å². The van der Waals surface area contributed by atoms with Crippen molar-refractivity contribution >= 4 is 27.4 Å². The summed E-state index contributed by atoms with van der Waals surface area (Å²) in [7, 11) is -3.26. The van der Waals surface area contributed by atoms with Gasteiger partial charge in [-0.1, -0.05) is 30.3 Å². The normalized spacial score (nSPS) is 19.8. The van der Waals surface area contributed by atoms with Crippen LogP contribution in [-0.2, 0) is 27.5 Å². The molecule has 3 aromatic rings. The summed E-state index contributed by atoms with van der Waals surface area (Å²) in [4.78, 5) is 28.1. The van der Waals surface area contributed by atoms with Gasteiger partial charge in [0.15, 0.2) is 9.84 Å². The largest absolute Gasteiger partial charge is 0.474 e. The average molecular weight is 578 g/mol. The average Bonchev–Trinajstić information content (AvgIpc) is 3.60. The zero-order valence-corrected chi connectivity index (χ0v) is 24.0. The number of aromatic nitrogens is 2. The Labute approximate surface area is 240 Å². The summed E-state index contributed by atoms with van der Waals surface area (Å²) in [6.45, 7) is 4.40. The van der Waals surface area contributed by atoms with Crippen molar-refractivity contribution in [1.29, 1.82) is 0 Å². The highest BCUT2D eigenvalue weighted by Crippen LogP contribution is 2.35. The second kappa shape index (κ2) is 11.7. The fraction of sp³-hybridized carbons (Fsp3) is 0.433. The van der Waals surface area contributed by atoms with E-state index in [2.05, 4.69) is 31.9 Å². The Morgan fingerprint density at radius 2 is 1.73 bits per heavy atom. The van der Waals surface area contributed by atoms with E-state index in [9.17, 15) is 13.2 Å². The van der Waals surface area contributed by atoms with E-state index < -0.39 is 9.84 Å². The Balaban J connectivity index is 0.989. The molecule has 216 valence electrons. The third-order valence-corrected chi connectivity index (χ3v) is 9.12. The molecule has 2 aromatic carbocycles. The summed E-state index contributed by atoms with van der Waals surface area (Å²) in [6.07, 6.45) is 5.31. The van der Waals surface area contributed by atoms with Crippen LogP contribution in [0.3, 0.4) is 0 Å². The van der Waals surface area contributed by atoms with Crippen LogP contribution >= 0.6 is 0 Å². The number of likely N-dealkylation sites (tertiary alicyclic amines) is 2. The molecule has 0 spiro atoms. The van der Waals surface area contributed by atoms with Gasteiger partial charge in [-0.05, 0) is 42.2 Å². The number of fused-ring (bicyclic) bond motifs is 1. The van der Waals surface area contributed by atoms with E-state index in [0.717, 1.165) is 43.7 Å². The molecule has 3 aliphatic rings. The molecule has 10 nitrogen and oxygen atoms in total. The van der Waals surface area contributed by atoms with Crippen molar-refractivity contribution in [2.75, 3.05) is 43.9 Å². The summed E-state index contributed by atoms with van der Waals surface area (Å²) < 4.78 is 35.9. The second-order valence-corrected chi connectivity index (χ2v) is 13.0. The zero-order valence-electron chi connectivity index (χ0n) is 23.2. The molecule has 41 heavy (non-hydrogen) atoms. The molecule has 0 aliphatic carbocycles. The van der Waals surface area contributed by atoms with Crippen molar-refractivity contribution in [1.82, 2.24) is 19.8 Å². The molecule has 1 atom stereocenters. The third kappa shape index (κ3) is 6.46. The molecule has 6 rings (SSSR count). The maximum atomic E-state index is 12.8. The highest BCUT2D eigenvalue weighted by molar-refractivity contribution is 7.90. The van der Waals surface area contributed by atoms with E-state index in [1.807, 2.05) is 30.3 Å². The quantitative estimate of drug-likeness (QED) is 0.414. The van der Waals surface area contributed by atoms with Crippen LogP contribution in [0.1, 0.15) is 30.4 Å². The van der Waals surface area contributed by atoms with E-state index in [4.69, 9.17) is 9.47 Å². The topological polar surface area (TPSA) is 105 Å². The van der Waals surface area contributed by atoms with Crippen LogP contribution < -0.4 is 9.64 Å². The summed E-state index contributed by atoms with van der Waals surface area (Å²) in [6, 6.07) is 17.4. The molecule has 0 N–H and O–H groups in total. The third-order valence-electron chi connectivity index (χ3n) is 8.01. The molecule has 4 heterocycles. The summed E-state index contributed by atoms with van der Waals surface area (Å²) in [5.74, 6) is 1.20. The number of nitrogens with zero attached hydrogens (tertiary/aromatic N) is 5. The zero-order chi connectivity index (χ0) is 28.4. The van der Waals surface area contributed by atoms with Gasteiger partial charge in [0.2, 0.25) is 5.88 Å². The van der Waals surface area contributed by atoms with Gasteiger partial charge in [0.25, 0.3) is 0 Å². The van der Waals surface area contributed by atoms with Crippen molar-refractivity contribution in [3.63, 3.8) is 0 Å². The van der Waals surface area contributed by atoms with Crippen LogP contribution in [0.15, 0.2) is 65.8 Å². The fourth-order valence-corrected chi connectivity index (χ4v) is 6.48. The Kier molecular flexibility index (Phi) is 7.81. The molecule has 2 fully saturated rings. The molecular weight excluding hydrogens is 542 g/mol.